The van der Waals surface area contributed by atoms with Gasteiger partial charge in [-0.2, -0.15) is 10.1 Å². The summed E-state index contributed by atoms with van der Waals surface area (Å²) in [5.74, 6) is 1.28. The zero-order valence-corrected chi connectivity index (χ0v) is 16.3. The molecule has 0 aliphatic carbocycles. The van der Waals surface area contributed by atoms with Crippen molar-refractivity contribution in [1.82, 2.24) is 24.8 Å². The Balaban J connectivity index is 1.23. The van der Waals surface area contributed by atoms with Crippen LogP contribution in [0.25, 0.3) is 0 Å². The van der Waals surface area contributed by atoms with E-state index in [0.717, 1.165) is 11.4 Å². The minimum atomic E-state index is -0.323. The van der Waals surface area contributed by atoms with E-state index in [4.69, 9.17) is 9.26 Å². The van der Waals surface area contributed by atoms with Crippen LogP contribution < -0.4 is 4.74 Å². The number of hydrogen-bond donors (Lipinski definition) is 0. The standard InChI is InChI=1S/C20H22FN5O3/c1-13-9-14(2)26(23-13)8-7-19(27)25-10-15(11-25)20-22-18(29-24-20)12-28-17-5-3-16(21)4-6-17/h3-6,9,15H,7-8,10-12H2,1-2H3. The number of likely N-dealkylation sites (tertiary alicyclic amines) is 1. The Morgan fingerprint density at radius 3 is 2.72 bits per heavy atom. The zero-order chi connectivity index (χ0) is 20.4. The molecule has 3 heterocycles. The van der Waals surface area contributed by atoms with Crippen molar-refractivity contribution < 1.29 is 18.4 Å². The summed E-state index contributed by atoms with van der Waals surface area (Å²) in [6.45, 7) is 5.76. The van der Waals surface area contributed by atoms with Gasteiger partial charge in [-0.1, -0.05) is 5.16 Å². The van der Waals surface area contributed by atoms with Crippen LogP contribution in [0.1, 0.15) is 35.4 Å². The smallest absolute Gasteiger partial charge is 0.264 e. The molecule has 29 heavy (non-hydrogen) atoms. The monoisotopic (exact) mass is 399 g/mol. The van der Waals surface area contributed by atoms with E-state index in [0.29, 0.717) is 43.5 Å². The lowest BCUT2D eigenvalue weighted by Gasteiger charge is -2.37. The van der Waals surface area contributed by atoms with Gasteiger partial charge in [0.15, 0.2) is 12.4 Å². The molecule has 0 spiro atoms. The van der Waals surface area contributed by atoms with Crippen LogP contribution in [0.2, 0.25) is 0 Å². The van der Waals surface area contributed by atoms with E-state index in [2.05, 4.69) is 15.2 Å². The second-order valence-corrected chi connectivity index (χ2v) is 7.18. The molecule has 0 atom stereocenters. The lowest BCUT2D eigenvalue weighted by atomic mass is 9.99. The Morgan fingerprint density at radius 1 is 1.28 bits per heavy atom. The first-order valence-electron chi connectivity index (χ1n) is 9.47. The summed E-state index contributed by atoms with van der Waals surface area (Å²) >= 11 is 0. The first-order valence-corrected chi connectivity index (χ1v) is 9.47. The number of aromatic nitrogens is 4. The van der Waals surface area contributed by atoms with Crippen LogP contribution in [-0.4, -0.2) is 43.8 Å². The maximum atomic E-state index is 12.9. The Morgan fingerprint density at radius 2 is 2.03 bits per heavy atom. The average Bonchev–Trinajstić information content (AvgIpc) is 3.24. The lowest BCUT2D eigenvalue weighted by Crippen LogP contribution is -2.49. The summed E-state index contributed by atoms with van der Waals surface area (Å²) in [6, 6.07) is 7.71. The molecular formula is C20H22FN5O3. The minimum absolute atomic E-state index is 0.0657. The van der Waals surface area contributed by atoms with Gasteiger partial charge >= 0.3 is 0 Å². The van der Waals surface area contributed by atoms with Crippen LogP contribution >= 0.6 is 0 Å². The summed E-state index contributed by atoms with van der Waals surface area (Å²) in [7, 11) is 0. The van der Waals surface area contributed by atoms with Crippen LogP contribution in [0, 0.1) is 19.7 Å². The number of nitrogens with zero attached hydrogens (tertiary/aromatic N) is 5. The Bertz CT molecular complexity index is 992. The molecule has 0 radical (unpaired) electrons. The number of hydrogen-bond acceptors (Lipinski definition) is 6. The molecule has 1 fully saturated rings. The average molecular weight is 399 g/mol. The highest BCUT2D eigenvalue weighted by Gasteiger charge is 2.34. The van der Waals surface area contributed by atoms with Gasteiger partial charge in [0.05, 0.1) is 11.6 Å². The molecule has 0 unspecified atom stereocenters. The molecule has 8 nitrogen and oxygen atoms in total. The number of benzene rings is 1. The van der Waals surface area contributed by atoms with Crippen molar-refractivity contribution >= 4 is 5.91 Å². The fourth-order valence-electron chi connectivity index (χ4n) is 3.27. The van der Waals surface area contributed by atoms with Gasteiger partial charge in [-0.15, -0.1) is 0 Å². The molecule has 1 aliphatic heterocycles. The van der Waals surface area contributed by atoms with Crippen LogP contribution in [0.3, 0.4) is 0 Å². The number of ether oxygens (including phenoxy) is 1. The molecule has 0 N–H and O–H groups in total. The van der Waals surface area contributed by atoms with Crippen LogP contribution in [-0.2, 0) is 17.9 Å². The molecule has 9 heteroatoms. The molecule has 1 aliphatic rings. The van der Waals surface area contributed by atoms with E-state index >= 15 is 0 Å². The van der Waals surface area contributed by atoms with Crippen molar-refractivity contribution in [2.45, 2.75) is 39.3 Å². The van der Waals surface area contributed by atoms with Crippen molar-refractivity contribution in [3.8, 4) is 5.75 Å². The number of carbonyl (C=O) groups is 1. The number of aryl methyl sites for hydroxylation is 3. The quantitative estimate of drug-likeness (QED) is 0.607. The minimum Gasteiger partial charge on any atom is -0.484 e. The van der Waals surface area contributed by atoms with Crippen LogP contribution in [0.15, 0.2) is 34.9 Å². The van der Waals surface area contributed by atoms with Gasteiger partial charge < -0.3 is 14.2 Å². The Labute approximate surface area is 167 Å². The normalized spacial score (nSPS) is 14.1. The lowest BCUT2D eigenvalue weighted by molar-refractivity contribution is -0.136. The van der Waals surface area contributed by atoms with E-state index in [9.17, 15) is 9.18 Å². The number of carbonyl (C=O) groups excluding carboxylic acids is 1. The summed E-state index contributed by atoms with van der Waals surface area (Å²) < 4.78 is 25.5. The molecule has 0 saturated carbocycles. The Kier molecular flexibility index (Phi) is 5.28. The van der Waals surface area contributed by atoms with Crippen molar-refractivity contribution in [2.24, 2.45) is 0 Å². The van der Waals surface area contributed by atoms with Gasteiger partial charge in [0.25, 0.3) is 5.89 Å². The summed E-state index contributed by atoms with van der Waals surface area (Å²) in [5.41, 5.74) is 2.01. The van der Waals surface area contributed by atoms with E-state index in [-0.39, 0.29) is 24.2 Å². The number of amides is 1. The Hall–Kier alpha value is -3.23. The molecule has 1 aromatic carbocycles. The molecule has 2 aromatic heterocycles. The highest BCUT2D eigenvalue weighted by Crippen LogP contribution is 2.26. The second kappa shape index (κ2) is 8.02. The third-order valence-corrected chi connectivity index (χ3v) is 4.90. The molecular weight excluding hydrogens is 377 g/mol. The molecule has 1 saturated heterocycles. The molecule has 4 rings (SSSR count). The fraction of sp³-hybridized carbons (Fsp3) is 0.400. The highest BCUT2D eigenvalue weighted by atomic mass is 19.1. The van der Waals surface area contributed by atoms with Crippen molar-refractivity contribution in [3.05, 3.63) is 59.3 Å². The zero-order valence-electron chi connectivity index (χ0n) is 16.3. The van der Waals surface area contributed by atoms with Crippen LogP contribution in [0.4, 0.5) is 4.39 Å². The maximum absolute atomic E-state index is 12.9. The van der Waals surface area contributed by atoms with E-state index in [1.54, 1.807) is 4.90 Å². The van der Waals surface area contributed by atoms with Gasteiger partial charge in [-0.25, -0.2) is 4.39 Å². The third kappa shape index (κ3) is 4.44. The summed E-state index contributed by atoms with van der Waals surface area (Å²) in [6.07, 6.45) is 0.414. The first-order chi connectivity index (χ1) is 14.0. The first kappa shape index (κ1) is 19.1. The van der Waals surface area contributed by atoms with E-state index < -0.39 is 0 Å². The molecule has 1 amide bonds. The van der Waals surface area contributed by atoms with Gasteiger partial charge in [-0.05, 0) is 44.2 Å². The van der Waals surface area contributed by atoms with E-state index in [1.165, 1.54) is 24.3 Å². The van der Waals surface area contributed by atoms with E-state index in [1.807, 2.05) is 24.6 Å². The van der Waals surface area contributed by atoms with Gasteiger partial charge in [-0.3, -0.25) is 9.48 Å². The summed E-state index contributed by atoms with van der Waals surface area (Å²) in [4.78, 5) is 18.5. The van der Waals surface area contributed by atoms with Gasteiger partial charge in [0, 0.05) is 31.7 Å². The third-order valence-electron chi connectivity index (χ3n) is 4.90. The second-order valence-electron chi connectivity index (χ2n) is 7.18. The number of halogens is 1. The van der Waals surface area contributed by atoms with Crippen molar-refractivity contribution in [1.29, 1.82) is 0 Å². The summed E-state index contributed by atoms with van der Waals surface area (Å²) in [5, 5.41) is 8.37. The van der Waals surface area contributed by atoms with Crippen molar-refractivity contribution in [3.63, 3.8) is 0 Å². The fourth-order valence-corrected chi connectivity index (χ4v) is 3.27. The van der Waals surface area contributed by atoms with Gasteiger partial charge in [0.2, 0.25) is 5.91 Å². The maximum Gasteiger partial charge on any atom is 0.264 e. The van der Waals surface area contributed by atoms with Crippen LogP contribution in [0.5, 0.6) is 5.75 Å². The largest absolute Gasteiger partial charge is 0.484 e. The number of rotatable bonds is 7. The van der Waals surface area contributed by atoms with Crippen molar-refractivity contribution in [2.75, 3.05) is 13.1 Å². The molecule has 3 aromatic rings. The predicted molar refractivity (Wildman–Crippen MR) is 101 cm³/mol. The highest BCUT2D eigenvalue weighted by molar-refractivity contribution is 5.77. The molecule has 152 valence electrons. The molecule has 0 bridgehead atoms. The SMILES string of the molecule is Cc1cc(C)n(CCC(=O)N2CC(c3noc(COc4ccc(F)cc4)n3)C2)n1. The topological polar surface area (TPSA) is 86.3 Å². The van der Waals surface area contributed by atoms with Gasteiger partial charge in [0.1, 0.15) is 11.6 Å². The predicted octanol–water partition coefficient (Wildman–Crippen LogP) is 2.62.